The molecule has 0 amide bonds. The van der Waals surface area contributed by atoms with Crippen LogP contribution in [0.2, 0.25) is 0 Å². The quantitative estimate of drug-likeness (QED) is 0.540. The van der Waals surface area contributed by atoms with Crippen LogP contribution in [0.1, 0.15) is 26.7 Å². The summed E-state index contributed by atoms with van der Waals surface area (Å²) in [6, 6.07) is 0.247. The molecule has 0 aliphatic rings. The second-order valence-electron chi connectivity index (χ2n) is 3.69. The van der Waals surface area contributed by atoms with Gasteiger partial charge in [0.15, 0.2) is 0 Å². The van der Waals surface area contributed by atoms with Gasteiger partial charge in [-0.2, -0.15) is 0 Å². The second kappa shape index (κ2) is 6.40. The van der Waals surface area contributed by atoms with E-state index in [9.17, 15) is 0 Å². The van der Waals surface area contributed by atoms with Gasteiger partial charge in [0.05, 0.1) is 0 Å². The zero-order valence-electron chi connectivity index (χ0n) is 8.29. The lowest BCUT2D eigenvalue weighted by Gasteiger charge is -2.25. The van der Waals surface area contributed by atoms with Crippen molar-refractivity contribution >= 4 is 0 Å². The largest absolute Gasteiger partial charge is 0.330 e. The zero-order chi connectivity index (χ0) is 9.56. The Balaban J connectivity index is 3.73. The molecule has 0 radical (unpaired) electrons. The van der Waals surface area contributed by atoms with Crippen molar-refractivity contribution in [3.8, 4) is 0 Å². The fraction of sp³-hybridized carbons (Fsp3) is 1.00. The van der Waals surface area contributed by atoms with E-state index < -0.39 is 0 Å². The molecule has 0 aromatic heterocycles. The van der Waals surface area contributed by atoms with E-state index in [1.807, 2.05) is 0 Å². The maximum atomic E-state index is 6.02. The average molecular weight is 173 g/mol. The van der Waals surface area contributed by atoms with Crippen molar-refractivity contribution in [2.24, 2.45) is 29.0 Å². The highest BCUT2D eigenvalue weighted by Gasteiger charge is 2.17. The molecule has 74 valence electrons. The standard InChI is InChI=1S/C9H23N3/c1-7(3-5-10)9(12)8(2)4-6-11/h7-9H,3-6,10-12H2,1-2H3. The van der Waals surface area contributed by atoms with Crippen LogP contribution >= 0.6 is 0 Å². The molecular weight excluding hydrogens is 150 g/mol. The monoisotopic (exact) mass is 173 g/mol. The highest BCUT2D eigenvalue weighted by molar-refractivity contribution is 4.75. The summed E-state index contributed by atoms with van der Waals surface area (Å²) in [5.74, 6) is 1.02. The van der Waals surface area contributed by atoms with E-state index in [4.69, 9.17) is 17.2 Å². The van der Waals surface area contributed by atoms with Gasteiger partial charge in [-0.3, -0.25) is 0 Å². The van der Waals surface area contributed by atoms with Crippen molar-refractivity contribution in [1.82, 2.24) is 0 Å². The second-order valence-corrected chi connectivity index (χ2v) is 3.69. The van der Waals surface area contributed by atoms with Gasteiger partial charge in [0, 0.05) is 6.04 Å². The fourth-order valence-corrected chi connectivity index (χ4v) is 1.47. The maximum absolute atomic E-state index is 6.02. The molecule has 0 aliphatic carbocycles. The fourth-order valence-electron chi connectivity index (χ4n) is 1.47. The van der Waals surface area contributed by atoms with Crippen LogP contribution in [-0.4, -0.2) is 19.1 Å². The van der Waals surface area contributed by atoms with E-state index in [0.29, 0.717) is 11.8 Å². The smallest absolute Gasteiger partial charge is 0.00913 e. The van der Waals surface area contributed by atoms with E-state index in [1.54, 1.807) is 0 Å². The van der Waals surface area contributed by atoms with Gasteiger partial charge >= 0.3 is 0 Å². The zero-order valence-corrected chi connectivity index (χ0v) is 8.29. The molecule has 6 N–H and O–H groups in total. The Morgan fingerprint density at radius 3 is 1.50 bits per heavy atom. The van der Waals surface area contributed by atoms with Gasteiger partial charge in [0.25, 0.3) is 0 Å². The maximum Gasteiger partial charge on any atom is 0.00913 e. The van der Waals surface area contributed by atoms with Gasteiger partial charge in [-0.15, -0.1) is 0 Å². The van der Waals surface area contributed by atoms with E-state index >= 15 is 0 Å². The molecule has 0 rings (SSSR count). The van der Waals surface area contributed by atoms with E-state index in [0.717, 1.165) is 25.9 Å². The lowest BCUT2D eigenvalue weighted by molar-refractivity contribution is 0.321. The number of hydrogen-bond acceptors (Lipinski definition) is 3. The van der Waals surface area contributed by atoms with Crippen LogP contribution in [0, 0.1) is 11.8 Å². The summed E-state index contributed by atoms with van der Waals surface area (Å²) >= 11 is 0. The van der Waals surface area contributed by atoms with Crippen LogP contribution in [0.5, 0.6) is 0 Å². The van der Waals surface area contributed by atoms with Crippen LogP contribution < -0.4 is 17.2 Å². The Kier molecular flexibility index (Phi) is 6.34. The lowest BCUT2D eigenvalue weighted by Crippen LogP contribution is -2.36. The summed E-state index contributed by atoms with van der Waals surface area (Å²) in [7, 11) is 0. The number of hydrogen-bond donors (Lipinski definition) is 3. The Morgan fingerprint density at radius 1 is 0.917 bits per heavy atom. The predicted octanol–water partition coefficient (Wildman–Crippen LogP) is 0.284. The normalized spacial score (nSPS) is 18.8. The van der Waals surface area contributed by atoms with Gasteiger partial charge in [-0.1, -0.05) is 13.8 Å². The molecule has 0 aromatic rings. The number of nitrogens with two attached hydrogens (primary N) is 3. The first-order valence-electron chi connectivity index (χ1n) is 4.79. The summed E-state index contributed by atoms with van der Waals surface area (Å²) in [5, 5.41) is 0. The van der Waals surface area contributed by atoms with Gasteiger partial charge in [0.2, 0.25) is 0 Å². The molecule has 2 unspecified atom stereocenters. The Hall–Kier alpha value is -0.120. The van der Waals surface area contributed by atoms with E-state index in [-0.39, 0.29) is 6.04 Å². The van der Waals surface area contributed by atoms with Crippen LogP contribution in [0.4, 0.5) is 0 Å². The van der Waals surface area contributed by atoms with E-state index in [2.05, 4.69) is 13.8 Å². The lowest BCUT2D eigenvalue weighted by atomic mass is 9.87. The van der Waals surface area contributed by atoms with Crippen LogP contribution in [0.25, 0.3) is 0 Å². The molecular formula is C9H23N3. The van der Waals surface area contributed by atoms with Crippen molar-refractivity contribution in [2.45, 2.75) is 32.7 Å². The van der Waals surface area contributed by atoms with Crippen molar-refractivity contribution in [3.05, 3.63) is 0 Å². The summed E-state index contributed by atoms with van der Waals surface area (Å²) in [5.41, 5.74) is 16.9. The minimum absolute atomic E-state index is 0.247. The predicted molar refractivity (Wildman–Crippen MR) is 53.6 cm³/mol. The van der Waals surface area contributed by atoms with Crippen molar-refractivity contribution in [3.63, 3.8) is 0 Å². The van der Waals surface area contributed by atoms with Crippen molar-refractivity contribution in [1.29, 1.82) is 0 Å². The molecule has 3 heteroatoms. The Bertz CT molecular complexity index is 93.9. The summed E-state index contributed by atoms with van der Waals surface area (Å²) in [6.45, 7) is 5.77. The molecule has 0 aliphatic heterocycles. The Morgan fingerprint density at radius 2 is 1.25 bits per heavy atom. The van der Waals surface area contributed by atoms with Crippen molar-refractivity contribution < 1.29 is 0 Å². The molecule has 12 heavy (non-hydrogen) atoms. The van der Waals surface area contributed by atoms with Gasteiger partial charge in [-0.25, -0.2) is 0 Å². The third kappa shape index (κ3) is 4.04. The minimum atomic E-state index is 0.247. The summed E-state index contributed by atoms with van der Waals surface area (Å²) < 4.78 is 0. The molecule has 2 atom stereocenters. The molecule has 0 bridgehead atoms. The van der Waals surface area contributed by atoms with Gasteiger partial charge < -0.3 is 17.2 Å². The highest BCUT2D eigenvalue weighted by Crippen LogP contribution is 2.15. The molecule has 0 fully saturated rings. The first kappa shape index (κ1) is 11.9. The topological polar surface area (TPSA) is 78.1 Å². The number of rotatable bonds is 6. The minimum Gasteiger partial charge on any atom is -0.330 e. The van der Waals surface area contributed by atoms with Crippen LogP contribution in [-0.2, 0) is 0 Å². The first-order valence-corrected chi connectivity index (χ1v) is 4.79. The molecule has 0 saturated carbocycles. The van der Waals surface area contributed by atoms with Crippen LogP contribution in [0.3, 0.4) is 0 Å². The molecule has 0 aromatic carbocycles. The summed E-state index contributed by atoms with van der Waals surface area (Å²) in [6.07, 6.45) is 2.02. The Labute approximate surface area is 75.7 Å². The molecule has 3 nitrogen and oxygen atoms in total. The van der Waals surface area contributed by atoms with E-state index in [1.165, 1.54) is 0 Å². The van der Waals surface area contributed by atoms with Gasteiger partial charge in [-0.05, 0) is 37.8 Å². The van der Waals surface area contributed by atoms with Crippen molar-refractivity contribution in [2.75, 3.05) is 13.1 Å². The first-order chi connectivity index (χ1) is 5.63. The molecule has 0 spiro atoms. The summed E-state index contributed by atoms with van der Waals surface area (Å²) in [4.78, 5) is 0. The molecule has 0 saturated heterocycles. The van der Waals surface area contributed by atoms with Crippen LogP contribution in [0.15, 0.2) is 0 Å². The SMILES string of the molecule is CC(CCN)C(N)C(C)CCN. The highest BCUT2D eigenvalue weighted by atomic mass is 14.7. The molecule has 0 heterocycles. The third-order valence-electron chi connectivity index (χ3n) is 2.56. The third-order valence-corrected chi connectivity index (χ3v) is 2.56. The average Bonchev–Trinajstić information content (AvgIpc) is 2.04. The van der Waals surface area contributed by atoms with Gasteiger partial charge in [0.1, 0.15) is 0 Å².